The first-order chi connectivity index (χ1) is 17.9. The third kappa shape index (κ3) is 4.75. The van der Waals surface area contributed by atoms with Crippen molar-refractivity contribution in [3.05, 3.63) is 76.6 Å². The van der Waals surface area contributed by atoms with Gasteiger partial charge in [-0.2, -0.15) is 0 Å². The highest BCUT2D eigenvalue weighted by atomic mass is 19.1. The maximum atomic E-state index is 13.9. The van der Waals surface area contributed by atoms with E-state index >= 15 is 0 Å². The third-order valence-corrected chi connectivity index (χ3v) is 8.09. The lowest BCUT2D eigenvalue weighted by Crippen LogP contribution is -2.34. The monoisotopic (exact) mass is 503 g/mol. The fourth-order valence-electron chi connectivity index (χ4n) is 6.40. The number of phenolic OH excluding ortho intramolecular Hbond substituents is 1. The number of hydrogen-bond donors (Lipinski definition) is 1. The van der Waals surface area contributed by atoms with E-state index in [0.29, 0.717) is 18.7 Å². The van der Waals surface area contributed by atoms with Gasteiger partial charge in [0.05, 0.1) is 30.2 Å². The van der Waals surface area contributed by atoms with Gasteiger partial charge in [-0.1, -0.05) is 61.8 Å². The Morgan fingerprint density at radius 3 is 2.57 bits per heavy atom. The molecule has 3 aliphatic rings. The molecule has 0 aromatic heterocycles. The fourth-order valence-corrected chi connectivity index (χ4v) is 6.40. The molecule has 37 heavy (non-hydrogen) atoms. The molecule has 0 unspecified atom stereocenters. The van der Waals surface area contributed by atoms with Crippen LogP contribution >= 0.6 is 0 Å². The average molecular weight is 504 g/mol. The van der Waals surface area contributed by atoms with E-state index in [1.807, 2.05) is 36.4 Å². The van der Waals surface area contributed by atoms with E-state index in [1.165, 1.54) is 33.8 Å². The van der Waals surface area contributed by atoms with E-state index in [9.17, 15) is 19.1 Å². The number of nitrogens with zero attached hydrogens (tertiary/aromatic N) is 1. The number of benzene rings is 2. The molecule has 1 N–H and O–H groups in total. The van der Waals surface area contributed by atoms with Crippen molar-refractivity contribution < 1.29 is 23.8 Å². The molecule has 0 bridgehead atoms. The molecular formula is C31H34FNO4. The van der Waals surface area contributed by atoms with Gasteiger partial charge in [-0.25, -0.2) is 4.39 Å². The van der Waals surface area contributed by atoms with Crippen molar-refractivity contribution in [2.45, 2.75) is 58.5 Å². The number of para-hydroxylation sites is 1. The largest absolute Gasteiger partial charge is 0.505 e. The van der Waals surface area contributed by atoms with Gasteiger partial charge in [0, 0.05) is 5.92 Å². The Kier molecular flexibility index (Phi) is 7.29. The first-order valence-electron chi connectivity index (χ1n) is 13.4. The summed E-state index contributed by atoms with van der Waals surface area (Å²) < 4.78 is 20.2. The molecule has 5 rings (SSSR count). The van der Waals surface area contributed by atoms with Gasteiger partial charge in [-0.15, -0.1) is 0 Å². The highest BCUT2D eigenvalue weighted by Gasteiger charge is 2.57. The number of rotatable bonds is 8. The first kappa shape index (κ1) is 25.4. The molecule has 0 radical (unpaired) electrons. The van der Waals surface area contributed by atoms with Crippen LogP contribution in [0.25, 0.3) is 6.08 Å². The van der Waals surface area contributed by atoms with Crippen LogP contribution in [0.2, 0.25) is 0 Å². The van der Waals surface area contributed by atoms with Crippen LogP contribution in [0, 0.1) is 23.6 Å². The second-order valence-electron chi connectivity index (χ2n) is 10.3. The second kappa shape index (κ2) is 10.6. The zero-order valence-electron chi connectivity index (χ0n) is 21.5. The summed E-state index contributed by atoms with van der Waals surface area (Å²) in [5.41, 5.74) is 5.06. The van der Waals surface area contributed by atoms with Crippen LogP contribution in [0.3, 0.4) is 0 Å². The number of allylic oxidation sites excluding steroid dienone is 2. The Morgan fingerprint density at radius 2 is 1.86 bits per heavy atom. The minimum absolute atomic E-state index is 0.0614. The van der Waals surface area contributed by atoms with Crippen molar-refractivity contribution in [1.82, 2.24) is 0 Å². The molecule has 2 aliphatic heterocycles. The zero-order chi connectivity index (χ0) is 26.1. The maximum Gasteiger partial charge on any atom is 0.238 e. The van der Waals surface area contributed by atoms with Crippen molar-refractivity contribution in [3.8, 4) is 5.75 Å². The number of phenols is 1. The lowest BCUT2D eigenvalue weighted by atomic mass is 9.69. The smallest absolute Gasteiger partial charge is 0.238 e. The standard InChI is InChI=1S/C31H34FNO4/c1-3-8-19(15-20-11-13-26(34)25(32)16-20)12-14-27-28-21(4-2)17-23-29(24(28)18-37-27)31(36)33(30(23)35)22-9-6-5-7-10-22/h5-7,9-11,13,15-16,23-24,27,29,34H,3-4,8,12,14,17-18H2,1-2H3/b19-15+/t23-,24+,27-,29-/m1/s1. The van der Waals surface area contributed by atoms with Gasteiger partial charge in [-0.3, -0.25) is 14.5 Å². The van der Waals surface area contributed by atoms with Crippen molar-refractivity contribution in [2.24, 2.45) is 17.8 Å². The molecule has 4 atom stereocenters. The molecule has 2 aromatic carbocycles. The molecule has 2 aromatic rings. The van der Waals surface area contributed by atoms with Crippen molar-refractivity contribution in [2.75, 3.05) is 11.5 Å². The minimum atomic E-state index is -0.624. The Bertz CT molecular complexity index is 1250. The molecule has 6 heteroatoms. The number of carbonyl (C=O) groups excluding carboxylic acids is 2. The number of halogens is 1. The van der Waals surface area contributed by atoms with E-state index in [2.05, 4.69) is 13.8 Å². The van der Waals surface area contributed by atoms with E-state index in [4.69, 9.17) is 4.74 Å². The van der Waals surface area contributed by atoms with Gasteiger partial charge in [-0.05, 0) is 67.5 Å². The van der Waals surface area contributed by atoms with Gasteiger partial charge in [0.25, 0.3) is 0 Å². The number of imide groups is 1. The summed E-state index contributed by atoms with van der Waals surface area (Å²) in [6.45, 7) is 4.70. The summed E-state index contributed by atoms with van der Waals surface area (Å²) in [5.74, 6) is -1.92. The van der Waals surface area contributed by atoms with Gasteiger partial charge < -0.3 is 9.84 Å². The van der Waals surface area contributed by atoms with E-state index < -0.39 is 5.82 Å². The zero-order valence-corrected chi connectivity index (χ0v) is 21.5. The van der Waals surface area contributed by atoms with Crippen LogP contribution in [-0.4, -0.2) is 29.6 Å². The first-order valence-corrected chi connectivity index (χ1v) is 13.4. The highest BCUT2D eigenvalue weighted by molar-refractivity contribution is 6.22. The molecule has 2 heterocycles. The summed E-state index contributed by atoms with van der Waals surface area (Å²) in [7, 11) is 0. The van der Waals surface area contributed by atoms with Crippen molar-refractivity contribution >= 4 is 23.6 Å². The Labute approximate surface area is 217 Å². The van der Waals surface area contributed by atoms with E-state index in [-0.39, 0.29) is 41.4 Å². The summed E-state index contributed by atoms with van der Waals surface area (Å²) in [4.78, 5) is 28.3. The normalized spacial score (nSPS) is 25.6. The molecule has 1 aliphatic carbocycles. The maximum absolute atomic E-state index is 13.9. The van der Waals surface area contributed by atoms with Gasteiger partial charge in [0.2, 0.25) is 11.8 Å². The molecule has 5 nitrogen and oxygen atoms in total. The molecule has 2 fully saturated rings. The fraction of sp³-hybridized carbons (Fsp3) is 0.419. The molecule has 2 saturated heterocycles. The molecular weight excluding hydrogens is 469 g/mol. The Hall–Kier alpha value is -3.25. The second-order valence-corrected chi connectivity index (χ2v) is 10.3. The number of ether oxygens (including phenoxy) is 1. The number of anilines is 1. The van der Waals surface area contributed by atoms with Gasteiger partial charge in [0.15, 0.2) is 11.6 Å². The molecule has 0 spiro atoms. The molecule has 2 amide bonds. The summed E-state index contributed by atoms with van der Waals surface area (Å²) in [5, 5.41) is 9.50. The highest BCUT2D eigenvalue weighted by Crippen LogP contribution is 2.51. The Balaban J connectivity index is 1.36. The van der Waals surface area contributed by atoms with E-state index in [0.717, 1.165) is 37.7 Å². The van der Waals surface area contributed by atoms with Crippen molar-refractivity contribution in [3.63, 3.8) is 0 Å². The van der Waals surface area contributed by atoms with Gasteiger partial charge in [0.1, 0.15) is 0 Å². The Morgan fingerprint density at radius 1 is 1.08 bits per heavy atom. The van der Waals surface area contributed by atoms with Crippen LogP contribution in [0.4, 0.5) is 10.1 Å². The number of fused-ring (bicyclic) bond motifs is 3. The lowest BCUT2D eigenvalue weighted by Gasteiger charge is -2.31. The summed E-state index contributed by atoms with van der Waals surface area (Å²) in [6.07, 6.45) is 6.82. The van der Waals surface area contributed by atoms with Crippen LogP contribution in [0.15, 0.2) is 65.3 Å². The lowest BCUT2D eigenvalue weighted by molar-refractivity contribution is -0.122. The van der Waals surface area contributed by atoms with Crippen LogP contribution in [-0.2, 0) is 14.3 Å². The SMILES string of the molecule is CCC/C(=C\c1ccc(O)c(F)c1)CC[C@H]1OC[C@H]2C1=C(CC)C[C@H]1C(=O)N(c3ccccc3)C(=O)[C@H]12. The topological polar surface area (TPSA) is 66.8 Å². The third-order valence-electron chi connectivity index (χ3n) is 8.09. The van der Waals surface area contributed by atoms with Crippen LogP contribution < -0.4 is 4.90 Å². The molecule has 194 valence electrons. The number of carbonyl (C=O) groups is 2. The van der Waals surface area contributed by atoms with Crippen LogP contribution in [0.5, 0.6) is 5.75 Å². The number of aromatic hydroxyl groups is 1. The minimum Gasteiger partial charge on any atom is -0.505 e. The molecule has 0 saturated carbocycles. The van der Waals surface area contributed by atoms with Gasteiger partial charge >= 0.3 is 0 Å². The summed E-state index contributed by atoms with van der Waals surface area (Å²) in [6, 6.07) is 13.7. The average Bonchev–Trinajstić information content (AvgIpc) is 3.43. The summed E-state index contributed by atoms with van der Waals surface area (Å²) >= 11 is 0. The predicted molar refractivity (Wildman–Crippen MR) is 141 cm³/mol. The van der Waals surface area contributed by atoms with Crippen molar-refractivity contribution in [1.29, 1.82) is 0 Å². The number of amides is 2. The van der Waals surface area contributed by atoms with E-state index in [1.54, 1.807) is 6.07 Å². The quantitative estimate of drug-likeness (QED) is 0.333. The predicted octanol–water partition coefficient (Wildman–Crippen LogP) is 6.43. The number of hydrogen-bond acceptors (Lipinski definition) is 4. The van der Waals surface area contributed by atoms with Crippen LogP contribution in [0.1, 0.15) is 57.9 Å².